The monoisotopic (exact) mass is 372 g/mol. The summed E-state index contributed by atoms with van der Waals surface area (Å²) in [5, 5.41) is 13.0. The standard InChI is InChI=1S/C19H24N4O4/c1-14(19(25)26)23-13-16(11-20-23)18(24)22-9-7-21(8-10-22)12-15-3-5-17(27-2)6-4-15/h3-6,11,13-14H,7-10,12H2,1-2H3,(H,25,26). The zero-order valence-corrected chi connectivity index (χ0v) is 15.5. The second-order valence-electron chi connectivity index (χ2n) is 6.64. The molecule has 27 heavy (non-hydrogen) atoms. The highest BCUT2D eigenvalue weighted by Crippen LogP contribution is 2.15. The molecule has 2 heterocycles. The zero-order chi connectivity index (χ0) is 19.4. The van der Waals surface area contributed by atoms with Gasteiger partial charge in [-0.25, -0.2) is 4.79 Å². The van der Waals surface area contributed by atoms with Crippen molar-refractivity contribution in [3.63, 3.8) is 0 Å². The fourth-order valence-corrected chi connectivity index (χ4v) is 3.05. The van der Waals surface area contributed by atoms with Crippen LogP contribution in [0.25, 0.3) is 0 Å². The highest BCUT2D eigenvalue weighted by Gasteiger charge is 2.24. The van der Waals surface area contributed by atoms with Crippen molar-refractivity contribution in [3.8, 4) is 5.75 Å². The van der Waals surface area contributed by atoms with Crippen molar-refractivity contribution in [2.24, 2.45) is 0 Å². The molecule has 1 aromatic heterocycles. The highest BCUT2D eigenvalue weighted by atomic mass is 16.5. The lowest BCUT2D eigenvalue weighted by molar-refractivity contribution is -0.140. The topological polar surface area (TPSA) is 87.9 Å². The quantitative estimate of drug-likeness (QED) is 0.827. The lowest BCUT2D eigenvalue weighted by Crippen LogP contribution is -2.48. The van der Waals surface area contributed by atoms with Crippen molar-refractivity contribution < 1.29 is 19.4 Å². The van der Waals surface area contributed by atoms with Gasteiger partial charge in [-0.3, -0.25) is 14.4 Å². The van der Waals surface area contributed by atoms with Crippen molar-refractivity contribution in [2.45, 2.75) is 19.5 Å². The van der Waals surface area contributed by atoms with Crippen LogP contribution in [0.5, 0.6) is 5.75 Å². The van der Waals surface area contributed by atoms with Gasteiger partial charge in [0, 0.05) is 38.9 Å². The van der Waals surface area contributed by atoms with Crippen molar-refractivity contribution in [1.82, 2.24) is 19.6 Å². The maximum Gasteiger partial charge on any atom is 0.328 e. The molecule has 0 saturated carbocycles. The van der Waals surface area contributed by atoms with Crippen molar-refractivity contribution in [3.05, 3.63) is 47.8 Å². The Labute approximate surface area is 157 Å². The Morgan fingerprint density at radius 3 is 2.44 bits per heavy atom. The van der Waals surface area contributed by atoms with Gasteiger partial charge in [0.05, 0.1) is 18.9 Å². The number of methoxy groups -OCH3 is 1. The average molecular weight is 372 g/mol. The van der Waals surface area contributed by atoms with Gasteiger partial charge >= 0.3 is 5.97 Å². The van der Waals surface area contributed by atoms with Crippen molar-refractivity contribution in [1.29, 1.82) is 0 Å². The van der Waals surface area contributed by atoms with Gasteiger partial charge in [0.1, 0.15) is 11.8 Å². The molecule has 144 valence electrons. The largest absolute Gasteiger partial charge is 0.497 e. The molecule has 0 aliphatic carbocycles. The summed E-state index contributed by atoms with van der Waals surface area (Å²) in [5.41, 5.74) is 1.63. The summed E-state index contributed by atoms with van der Waals surface area (Å²) in [6.45, 7) is 5.21. The van der Waals surface area contributed by atoms with Crippen LogP contribution in [0.4, 0.5) is 0 Å². The van der Waals surface area contributed by atoms with Crippen LogP contribution in [-0.4, -0.2) is 69.9 Å². The number of hydrogen-bond donors (Lipinski definition) is 1. The maximum absolute atomic E-state index is 12.6. The second-order valence-corrected chi connectivity index (χ2v) is 6.64. The van der Waals surface area contributed by atoms with Gasteiger partial charge in [0.25, 0.3) is 5.91 Å². The number of ether oxygens (including phenoxy) is 1. The molecule has 1 amide bonds. The van der Waals surface area contributed by atoms with Crippen molar-refractivity contribution >= 4 is 11.9 Å². The van der Waals surface area contributed by atoms with Gasteiger partial charge in [-0.15, -0.1) is 0 Å². The van der Waals surface area contributed by atoms with Gasteiger partial charge < -0.3 is 14.7 Å². The Bertz CT molecular complexity index is 794. The minimum atomic E-state index is -0.982. The first-order valence-corrected chi connectivity index (χ1v) is 8.89. The number of amides is 1. The predicted octanol–water partition coefficient (Wildman–Crippen LogP) is 1.50. The first-order chi connectivity index (χ1) is 13.0. The van der Waals surface area contributed by atoms with Crippen LogP contribution in [0.3, 0.4) is 0 Å². The van der Waals surface area contributed by atoms with Crippen LogP contribution in [0.2, 0.25) is 0 Å². The van der Waals surface area contributed by atoms with E-state index < -0.39 is 12.0 Å². The van der Waals surface area contributed by atoms with E-state index in [-0.39, 0.29) is 5.91 Å². The molecular formula is C19H24N4O4. The Morgan fingerprint density at radius 2 is 1.85 bits per heavy atom. The molecule has 1 saturated heterocycles. The summed E-state index contributed by atoms with van der Waals surface area (Å²) in [7, 11) is 1.65. The first-order valence-electron chi connectivity index (χ1n) is 8.89. The smallest absolute Gasteiger partial charge is 0.328 e. The number of piperazine rings is 1. The number of nitrogens with zero attached hydrogens (tertiary/aromatic N) is 4. The third kappa shape index (κ3) is 4.46. The molecule has 1 atom stereocenters. The minimum Gasteiger partial charge on any atom is -0.497 e. The summed E-state index contributed by atoms with van der Waals surface area (Å²) in [4.78, 5) is 27.8. The molecule has 1 fully saturated rings. The predicted molar refractivity (Wildman–Crippen MR) is 98.7 cm³/mol. The van der Waals surface area contributed by atoms with Gasteiger partial charge in [0.2, 0.25) is 0 Å². The second kappa shape index (κ2) is 8.22. The van der Waals surface area contributed by atoms with E-state index in [1.807, 2.05) is 24.3 Å². The summed E-state index contributed by atoms with van der Waals surface area (Å²) in [6.07, 6.45) is 2.94. The molecule has 8 nitrogen and oxygen atoms in total. The number of carbonyl (C=O) groups is 2. The third-order valence-corrected chi connectivity index (χ3v) is 4.83. The molecule has 2 aromatic rings. The van der Waals surface area contributed by atoms with E-state index in [0.717, 1.165) is 25.4 Å². The number of benzene rings is 1. The summed E-state index contributed by atoms with van der Waals surface area (Å²) in [5.74, 6) is -0.251. The highest BCUT2D eigenvalue weighted by molar-refractivity contribution is 5.93. The Morgan fingerprint density at radius 1 is 1.19 bits per heavy atom. The maximum atomic E-state index is 12.6. The van der Waals surface area contributed by atoms with Gasteiger partial charge in [-0.2, -0.15) is 5.10 Å². The molecule has 1 aromatic carbocycles. The van der Waals surface area contributed by atoms with E-state index in [2.05, 4.69) is 10.00 Å². The number of aliphatic carboxylic acids is 1. The zero-order valence-electron chi connectivity index (χ0n) is 15.5. The molecule has 0 bridgehead atoms. The molecular weight excluding hydrogens is 348 g/mol. The van der Waals surface area contributed by atoms with E-state index in [1.54, 1.807) is 12.0 Å². The van der Waals surface area contributed by atoms with E-state index in [4.69, 9.17) is 9.84 Å². The number of hydrogen-bond acceptors (Lipinski definition) is 5. The van der Waals surface area contributed by atoms with E-state index >= 15 is 0 Å². The number of carboxylic acids is 1. The van der Waals surface area contributed by atoms with E-state index in [0.29, 0.717) is 18.7 Å². The summed E-state index contributed by atoms with van der Waals surface area (Å²) >= 11 is 0. The lowest BCUT2D eigenvalue weighted by atomic mass is 10.2. The van der Waals surface area contributed by atoms with E-state index in [1.165, 1.54) is 29.6 Å². The van der Waals surface area contributed by atoms with Crippen LogP contribution in [0.1, 0.15) is 28.9 Å². The van der Waals surface area contributed by atoms with E-state index in [9.17, 15) is 9.59 Å². The van der Waals surface area contributed by atoms with Crippen LogP contribution in [-0.2, 0) is 11.3 Å². The van der Waals surface area contributed by atoms with Crippen LogP contribution in [0, 0.1) is 0 Å². The normalized spacial score (nSPS) is 16.1. The Kier molecular flexibility index (Phi) is 5.75. The fraction of sp³-hybridized carbons (Fsp3) is 0.421. The molecule has 3 rings (SSSR count). The number of rotatable bonds is 6. The van der Waals surface area contributed by atoms with Gasteiger partial charge in [-0.05, 0) is 24.6 Å². The van der Waals surface area contributed by atoms with Gasteiger partial charge in [0.15, 0.2) is 0 Å². The van der Waals surface area contributed by atoms with Crippen LogP contribution >= 0.6 is 0 Å². The molecule has 0 radical (unpaired) electrons. The SMILES string of the molecule is COc1ccc(CN2CCN(C(=O)c3cnn(C(C)C(=O)O)c3)CC2)cc1. The van der Waals surface area contributed by atoms with Crippen LogP contribution < -0.4 is 4.74 Å². The average Bonchev–Trinajstić information content (AvgIpc) is 3.18. The number of aromatic nitrogens is 2. The number of carbonyl (C=O) groups excluding carboxylic acids is 1. The van der Waals surface area contributed by atoms with Crippen LogP contribution in [0.15, 0.2) is 36.7 Å². The molecule has 1 aliphatic rings. The summed E-state index contributed by atoms with van der Waals surface area (Å²) in [6, 6.07) is 7.20. The summed E-state index contributed by atoms with van der Waals surface area (Å²) < 4.78 is 6.48. The molecule has 8 heteroatoms. The molecule has 1 N–H and O–H groups in total. The third-order valence-electron chi connectivity index (χ3n) is 4.83. The number of carboxylic acid groups (broad SMARTS) is 1. The van der Waals surface area contributed by atoms with Gasteiger partial charge in [-0.1, -0.05) is 12.1 Å². The molecule has 1 aliphatic heterocycles. The van der Waals surface area contributed by atoms with Crippen molar-refractivity contribution in [2.75, 3.05) is 33.3 Å². The molecule has 0 spiro atoms. The Balaban J connectivity index is 1.53. The Hall–Kier alpha value is -2.87. The molecule has 1 unspecified atom stereocenters. The minimum absolute atomic E-state index is 0.108. The first kappa shape index (κ1) is 18.9. The lowest BCUT2D eigenvalue weighted by Gasteiger charge is -2.34. The fourth-order valence-electron chi connectivity index (χ4n) is 3.05.